The predicted molar refractivity (Wildman–Crippen MR) is 131 cm³/mol. The largest absolute Gasteiger partial charge is 0.493 e. The van der Waals surface area contributed by atoms with Crippen molar-refractivity contribution in [3.63, 3.8) is 0 Å². The van der Waals surface area contributed by atoms with Gasteiger partial charge in [0.25, 0.3) is 0 Å². The lowest BCUT2D eigenvalue weighted by atomic mass is 9.92. The van der Waals surface area contributed by atoms with Gasteiger partial charge in [-0.1, -0.05) is 6.07 Å². The molecule has 0 bridgehead atoms. The van der Waals surface area contributed by atoms with E-state index in [2.05, 4.69) is 30.7 Å². The van der Waals surface area contributed by atoms with Gasteiger partial charge in [-0.2, -0.15) is 0 Å². The number of β-amino-alcohol motifs (C(OH)–C–C–N with tert-alkyl or cyclic N) is 1. The number of morpholine rings is 1. The smallest absolute Gasteiger partial charge is 0.161 e. The summed E-state index contributed by atoms with van der Waals surface area (Å²) in [5.41, 5.74) is 0.321. The van der Waals surface area contributed by atoms with Crippen LogP contribution in [-0.2, 0) is 11.3 Å². The summed E-state index contributed by atoms with van der Waals surface area (Å²) in [5, 5.41) is 11.3. The van der Waals surface area contributed by atoms with Crippen molar-refractivity contribution in [1.82, 2.24) is 19.8 Å². The Hall–Kier alpha value is -2.46. The van der Waals surface area contributed by atoms with Crippen molar-refractivity contribution in [2.75, 3.05) is 78.1 Å². The molecule has 4 rings (SSSR count). The van der Waals surface area contributed by atoms with Crippen molar-refractivity contribution >= 4 is 5.82 Å². The molecule has 2 aliphatic heterocycles. The Morgan fingerprint density at radius 1 is 1.18 bits per heavy atom. The van der Waals surface area contributed by atoms with Gasteiger partial charge in [0.05, 0.1) is 32.1 Å². The summed E-state index contributed by atoms with van der Waals surface area (Å²) >= 11 is 0. The maximum Gasteiger partial charge on any atom is 0.161 e. The minimum Gasteiger partial charge on any atom is -0.493 e. The van der Waals surface area contributed by atoms with Crippen molar-refractivity contribution < 1.29 is 19.3 Å². The molecular formula is C25H37N5O4. The highest BCUT2D eigenvalue weighted by Gasteiger charge is 2.35. The fourth-order valence-electron chi connectivity index (χ4n) is 4.80. The van der Waals surface area contributed by atoms with Crippen LogP contribution in [0.5, 0.6) is 11.5 Å². The summed E-state index contributed by atoms with van der Waals surface area (Å²) in [4.78, 5) is 15.2. The average molecular weight is 472 g/mol. The van der Waals surface area contributed by atoms with Crippen molar-refractivity contribution in [3.05, 3.63) is 42.4 Å². The summed E-state index contributed by atoms with van der Waals surface area (Å²) in [6.07, 6.45) is 6.81. The van der Waals surface area contributed by atoms with Crippen LogP contribution in [0.1, 0.15) is 18.4 Å². The standard InChI is InChI=1S/C25H37N5O4/c1-28(19-25(31)6-3-9-30(20-25)24-17-26-7-8-27-24)18-21-4-5-22(23(16-21)32-2)34-15-12-29-10-13-33-14-11-29/h4-5,7-8,16-17,31H,3,6,9-15,18-20H2,1-2H3/t25-/m1/s1. The topological polar surface area (TPSA) is 83.4 Å². The lowest BCUT2D eigenvalue weighted by Gasteiger charge is -2.41. The second-order valence-corrected chi connectivity index (χ2v) is 9.27. The SMILES string of the molecule is COc1cc(CN(C)C[C@]2(O)CCCN(c3cnccn3)C2)ccc1OCCN1CCOCC1. The van der Waals surface area contributed by atoms with Gasteiger partial charge in [0.1, 0.15) is 12.4 Å². The van der Waals surface area contributed by atoms with Gasteiger partial charge in [-0.3, -0.25) is 14.8 Å². The molecule has 9 nitrogen and oxygen atoms in total. The van der Waals surface area contributed by atoms with Gasteiger partial charge in [-0.05, 0) is 37.6 Å². The van der Waals surface area contributed by atoms with E-state index in [9.17, 15) is 5.11 Å². The number of hydrogen-bond acceptors (Lipinski definition) is 9. The van der Waals surface area contributed by atoms with E-state index in [0.29, 0.717) is 26.2 Å². The van der Waals surface area contributed by atoms with Gasteiger partial charge in [0.15, 0.2) is 11.5 Å². The molecule has 2 fully saturated rings. The molecule has 0 amide bonds. The van der Waals surface area contributed by atoms with E-state index in [1.807, 2.05) is 19.2 Å². The Labute approximate surface area is 202 Å². The van der Waals surface area contributed by atoms with Crippen molar-refractivity contribution in [3.8, 4) is 11.5 Å². The van der Waals surface area contributed by atoms with Gasteiger partial charge in [0, 0.05) is 58.2 Å². The highest BCUT2D eigenvalue weighted by atomic mass is 16.5. The van der Waals surface area contributed by atoms with Crippen molar-refractivity contribution in [1.29, 1.82) is 0 Å². The molecular weight excluding hydrogens is 434 g/mol. The molecule has 0 aliphatic carbocycles. The fraction of sp³-hybridized carbons (Fsp3) is 0.600. The number of benzene rings is 1. The van der Waals surface area contributed by atoms with E-state index in [0.717, 1.165) is 75.1 Å². The predicted octanol–water partition coefficient (Wildman–Crippen LogP) is 1.66. The quantitative estimate of drug-likeness (QED) is 0.556. The summed E-state index contributed by atoms with van der Waals surface area (Å²) in [5.74, 6) is 2.31. The lowest BCUT2D eigenvalue weighted by molar-refractivity contribution is -0.00350. The second kappa shape index (κ2) is 11.8. The third kappa shape index (κ3) is 6.79. The number of anilines is 1. The zero-order valence-corrected chi connectivity index (χ0v) is 20.4. The first-order chi connectivity index (χ1) is 16.5. The van der Waals surface area contributed by atoms with Crippen LogP contribution >= 0.6 is 0 Å². The number of piperidine rings is 1. The summed E-state index contributed by atoms with van der Waals surface area (Å²) < 4.78 is 17.0. The first kappa shape index (κ1) is 24.7. The Morgan fingerprint density at radius 3 is 2.79 bits per heavy atom. The van der Waals surface area contributed by atoms with E-state index in [1.54, 1.807) is 25.7 Å². The molecule has 34 heavy (non-hydrogen) atoms. The van der Waals surface area contributed by atoms with Crippen molar-refractivity contribution in [2.45, 2.75) is 25.0 Å². The van der Waals surface area contributed by atoms with E-state index in [-0.39, 0.29) is 0 Å². The van der Waals surface area contributed by atoms with Crippen LogP contribution in [0.25, 0.3) is 0 Å². The Kier molecular flexibility index (Phi) is 8.55. The monoisotopic (exact) mass is 471 g/mol. The number of methoxy groups -OCH3 is 1. The lowest BCUT2D eigenvalue weighted by Crippen LogP contribution is -2.54. The van der Waals surface area contributed by atoms with E-state index >= 15 is 0 Å². The maximum atomic E-state index is 11.3. The number of rotatable bonds is 10. The highest BCUT2D eigenvalue weighted by molar-refractivity contribution is 5.43. The molecule has 1 aromatic heterocycles. The molecule has 1 N–H and O–H groups in total. The van der Waals surface area contributed by atoms with Gasteiger partial charge in [-0.15, -0.1) is 0 Å². The fourth-order valence-corrected chi connectivity index (χ4v) is 4.80. The molecule has 2 aliphatic rings. The number of likely N-dealkylation sites (N-methyl/N-ethyl adjacent to an activating group) is 1. The number of aromatic nitrogens is 2. The summed E-state index contributed by atoms with van der Waals surface area (Å²) in [6.45, 7) is 7.69. The molecule has 2 aromatic rings. The average Bonchev–Trinajstić information content (AvgIpc) is 2.85. The molecule has 9 heteroatoms. The van der Waals surface area contributed by atoms with Crippen LogP contribution in [0.3, 0.4) is 0 Å². The van der Waals surface area contributed by atoms with Crippen molar-refractivity contribution in [2.24, 2.45) is 0 Å². The molecule has 1 aromatic carbocycles. The number of nitrogens with zero attached hydrogens (tertiary/aromatic N) is 5. The zero-order valence-electron chi connectivity index (χ0n) is 20.4. The van der Waals surface area contributed by atoms with Crippen LogP contribution in [0.2, 0.25) is 0 Å². The van der Waals surface area contributed by atoms with E-state index in [4.69, 9.17) is 14.2 Å². The molecule has 186 valence electrons. The Morgan fingerprint density at radius 2 is 2.03 bits per heavy atom. The van der Waals surface area contributed by atoms with Gasteiger partial charge >= 0.3 is 0 Å². The minimum atomic E-state index is -0.794. The molecule has 2 saturated heterocycles. The second-order valence-electron chi connectivity index (χ2n) is 9.27. The minimum absolute atomic E-state index is 0.551. The Balaban J connectivity index is 1.30. The summed E-state index contributed by atoms with van der Waals surface area (Å²) in [7, 11) is 3.71. The van der Waals surface area contributed by atoms with Crippen LogP contribution in [0, 0.1) is 0 Å². The first-order valence-corrected chi connectivity index (χ1v) is 12.1. The first-order valence-electron chi connectivity index (χ1n) is 12.1. The highest BCUT2D eigenvalue weighted by Crippen LogP contribution is 2.29. The third-order valence-electron chi connectivity index (χ3n) is 6.44. The molecule has 3 heterocycles. The van der Waals surface area contributed by atoms with E-state index < -0.39 is 5.60 Å². The maximum absolute atomic E-state index is 11.3. The van der Waals surface area contributed by atoms with Gasteiger partial charge in [-0.25, -0.2) is 4.98 Å². The van der Waals surface area contributed by atoms with Crippen LogP contribution in [-0.4, -0.2) is 104 Å². The molecule has 0 radical (unpaired) electrons. The normalized spacial score (nSPS) is 21.6. The molecule has 0 spiro atoms. The van der Waals surface area contributed by atoms with Gasteiger partial charge in [0.2, 0.25) is 0 Å². The van der Waals surface area contributed by atoms with Crippen LogP contribution in [0.15, 0.2) is 36.8 Å². The van der Waals surface area contributed by atoms with E-state index in [1.165, 1.54) is 0 Å². The third-order valence-corrected chi connectivity index (χ3v) is 6.44. The molecule has 0 unspecified atom stereocenters. The summed E-state index contributed by atoms with van der Waals surface area (Å²) in [6, 6.07) is 6.07. The molecule has 0 saturated carbocycles. The number of ether oxygens (including phenoxy) is 3. The van der Waals surface area contributed by atoms with Gasteiger partial charge < -0.3 is 24.2 Å². The number of hydrogen-bond donors (Lipinski definition) is 1. The van der Waals surface area contributed by atoms with Crippen LogP contribution in [0.4, 0.5) is 5.82 Å². The Bertz CT molecular complexity index is 896. The zero-order chi connectivity index (χ0) is 23.8. The van der Waals surface area contributed by atoms with Crippen LogP contribution < -0.4 is 14.4 Å². The molecule has 1 atom stereocenters. The number of aliphatic hydroxyl groups is 1.